The van der Waals surface area contributed by atoms with Crippen molar-refractivity contribution in [1.29, 1.82) is 0 Å². The predicted molar refractivity (Wildman–Crippen MR) is 64.2 cm³/mol. The molecule has 1 aromatic heterocycles. The van der Waals surface area contributed by atoms with Crippen molar-refractivity contribution in [3.8, 4) is 0 Å². The number of nitrogens with one attached hydrogen (secondary N) is 2. The Labute approximate surface area is 103 Å². The monoisotopic (exact) mass is 260 g/mol. The Morgan fingerprint density at radius 1 is 1.44 bits per heavy atom. The molecule has 0 aliphatic carbocycles. The van der Waals surface area contributed by atoms with Gasteiger partial charge in [-0.15, -0.1) is 0 Å². The maximum absolute atomic E-state index is 12.1. The van der Waals surface area contributed by atoms with Crippen molar-refractivity contribution in [3.63, 3.8) is 0 Å². The van der Waals surface area contributed by atoms with Crippen molar-refractivity contribution >= 4 is 17.3 Å². The first-order valence-corrected chi connectivity index (χ1v) is 5.46. The van der Waals surface area contributed by atoms with Crippen LogP contribution >= 0.6 is 0 Å². The van der Waals surface area contributed by atoms with Crippen LogP contribution in [-0.4, -0.2) is 29.4 Å². The van der Waals surface area contributed by atoms with Crippen LogP contribution < -0.4 is 10.6 Å². The molecule has 0 saturated heterocycles. The lowest BCUT2D eigenvalue weighted by Gasteiger charge is -2.08. The Bertz CT molecular complexity index is 415. The van der Waals surface area contributed by atoms with Gasteiger partial charge in [-0.3, -0.25) is 10.1 Å². The molecule has 0 unspecified atom stereocenters. The van der Waals surface area contributed by atoms with E-state index in [2.05, 4.69) is 15.6 Å². The van der Waals surface area contributed by atoms with E-state index in [4.69, 9.17) is 0 Å². The predicted octanol–water partition coefficient (Wildman–Crippen LogP) is 2.49. The van der Waals surface area contributed by atoms with Crippen molar-refractivity contribution in [3.05, 3.63) is 22.2 Å². The summed E-state index contributed by atoms with van der Waals surface area (Å²) in [5.74, 6) is 0.264. The number of alkyl halides is 2. The second-order valence-corrected chi connectivity index (χ2v) is 3.52. The van der Waals surface area contributed by atoms with E-state index in [1.54, 1.807) is 0 Å². The average molecular weight is 260 g/mol. The van der Waals surface area contributed by atoms with E-state index in [0.717, 1.165) is 6.42 Å². The average Bonchev–Trinajstić information content (AvgIpc) is 2.33. The number of aromatic nitrogens is 1. The van der Waals surface area contributed by atoms with Crippen molar-refractivity contribution in [2.45, 2.75) is 19.8 Å². The van der Waals surface area contributed by atoms with Gasteiger partial charge in [-0.2, -0.15) is 0 Å². The third-order valence-electron chi connectivity index (χ3n) is 2.05. The second kappa shape index (κ2) is 6.67. The first-order chi connectivity index (χ1) is 8.54. The summed E-state index contributed by atoms with van der Waals surface area (Å²) < 4.78 is 24.2. The van der Waals surface area contributed by atoms with Gasteiger partial charge >= 0.3 is 5.69 Å². The molecular weight excluding hydrogens is 246 g/mol. The molecule has 0 radical (unpaired) electrons. The van der Waals surface area contributed by atoms with Gasteiger partial charge < -0.3 is 10.6 Å². The number of pyridine rings is 1. The van der Waals surface area contributed by atoms with Crippen molar-refractivity contribution < 1.29 is 13.7 Å². The van der Waals surface area contributed by atoms with E-state index in [9.17, 15) is 18.9 Å². The maximum Gasteiger partial charge on any atom is 0.311 e. The number of nitro groups is 1. The minimum atomic E-state index is -2.60. The highest BCUT2D eigenvalue weighted by molar-refractivity contribution is 5.60. The summed E-state index contributed by atoms with van der Waals surface area (Å²) in [4.78, 5) is 14.0. The van der Waals surface area contributed by atoms with Crippen LogP contribution in [0.25, 0.3) is 0 Å². The van der Waals surface area contributed by atoms with E-state index in [0.29, 0.717) is 12.4 Å². The fourth-order valence-electron chi connectivity index (χ4n) is 1.25. The minimum Gasteiger partial charge on any atom is -0.370 e. The first-order valence-electron chi connectivity index (χ1n) is 5.46. The van der Waals surface area contributed by atoms with Gasteiger partial charge in [-0.25, -0.2) is 13.8 Å². The van der Waals surface area contributed by atoms with Gasteiger partial charge in [0.2, 0.25) is 5.82 Å². The van der Waals surface area contributed by atoms with Crippen LogP contribution in [0, 0.1) is 10.1 Å². The number of rotatable bonds is 7. The van der Waals surface area contributed by atoms with Crippen LogP contribution in [0.5, 0.6) is 0 Å². The molecule has 0 saturated carbocycles. The summed E-state index contributed by atoms with van der Waals surface area (Å²) in [7, 11) is 0. The summed E-state index contributed by atoms with van der Waals surface area (Å²) in [6, 6.07) is 2.68. The molecule has 0 fully saturated rings. The quantitative estimate of drug-likeness (QED) is 0.581. The molecule has 0 atom stereocenters. The summed E-state index contributed by atoms with van der Waals surface area (Å²) in [6.07, 6.45) is -1.74. The molecular formula is C10H14F2N4O2. The number of hydrogen-bond acceptors (Lipinski definition) is 5. The Balaban J connectivity index is 2.88. The minimum absolute atomic E-state index is 0.151. The molecule has 2 N–H and O–H groups in total. The zero-order valence-electron chi connectivity index (χ0n) is 9.82. The highest BCUT2D eigenvalue weighted by Crippen LogP contribution is 2.24. The first kappa shape index (κ1) is 14.1. The van der Waals surface area contributed by atoms with Gasteiger partial charge in [0.25, 0.3) is 6.43 Å². The lowest BCUT2D eigenvalue weighted by atomic mass is 10.3. The molecule has 100 valence electrons. The van der Waals surface area contributed by atoms with Crippen LogP contribution in [0.1, 0.15) is 13.3 Å². The van der Waals surface area contributed by atoms with Crippen LogP contribution in [0.3, 0.4) is 0 Å². The van der Waals surface area contributed by atoms with Gasteiger partial charge in [0.05, 0.1) is 11.5 Å². The van der Waals surface area contributed by atoms with Crippen LogP contribution in [0.4, 0.5) is 26.1 Å². The van der Waals surface area contributed by atoms with Crippen molar-refractivity contribution in [2.24, 2.45) is 0 Å². The van der Waals surface area contributed by atoms with Crippen molar-refractivity contribution in [1.82, 2.24) is 4.98 Å². The van der Waals surface area contributed by atoms with E-state index >= 15 is 0 Å². The smallest absolute Gasteiger partial charge is 0.311 e. The number of hydrogen-bond donors (Lipinski definition) is 2. The normalized spacial score (nSPS) is 10.4. The number of anilines is 2. The molecule has 6 nitrogen and oxygen atoms in total. The van der Waals surface area contributed by atoms with Gasteiger partial charge in [0.15, 0.2) is 0 Å². The summed E-state index contributed by atoms with van der Waals surface area (Å²) in [6.45, 7) is 1.93. The molecule has 0 spiro atoms. The van der Waals surface area contributed by atoms with E-state index in [1.807, 2.05) is 6.92 Å². The SMILES string of the molecule is CCCNc1ccc([N+](=O)[O-])c(NCC(F)F)n1. The lowest BCUT2D eigenvalue weighted by molar-refractivity contribution is -0.384. The van der Waals surface area contributed by atoms with E-state index in [-0.39, 0.29) is 11.5 Å². The zero-order valence-corrected chi connectivity index (χ0v) is 9.82. The zero-order chi connectivity index (χ0) is 13.5. The molecule has 1 aromatic rings. The van der Waals surface area contributed by atoms with Gasteiger partial charge in [0, 0.05) is 12.6 Å². The Morgan fingerprint density at radius 2 is 2.17 bits per heavy atom. The van der Waals surface area contributed by atoms with Crippen LogP contribution in [-0.2, 0) is 0 Å². The highest BCUT2D eigenvalue weighted by Gasteiger charge is 2.16. The molecule has 1 rings (SSSR count). The third kappa shape index (κ3) is 4.11. The molecule has 0 aliphatic rings. The molecule has 1 heterocycles. The van der Waals surface area contributed by atoms with E-state index < -0.39 is 17.9 Å². The van der Waals surface area contributed by atoms with Crippen LogP contribution in [0.15, 0.2) is 12.1 Å². The van der Waals surface area contributed by atoms with Crippen molar-refractivity contribution in [2.75, 3.05) is 23.7 Å². The topological polar surface area (TPSA) is 80.1 Å². The summed E-state index contributed by atoms with van der Waals surface area (Å²) in [5, 5.41) is 15.9. The molecule has 0 bridgehead atoms. The summed E-state index contributed by atoms with van der Waals surface area (Å²) >= 11 is 0. The second-order valence-electron chi connectivity index (χ2n) is 3.52. The Morgan fingerprint density at radius 3 is 2.72 bits per heavy atom. The maximum atomic E-state index is 12.1. The fourth-order valence-corrected chi connectivity index (χ4v) is 1.25. The lowest BCUT2D eigenvalue weighted by Crippen LogP contribution is -2.13. The van der Waals surface area contributed by atoms with E-state index in [1.165, 1.54) is 12.1 Å². The Hall–Kier alpha value is -1.99. The largest absolute Gasteiger partial charge is 0.370 e. The summed E-state index contributed by atoms with van der Waals surface area (Å²) in [5.41, 5.74) is -0.322. The van der Waals surface area contributed by atoms with Gasteiger partial charge in [-0.05, 0) is 12.5 Å². The highest BCUT2D eigenvalue weighted by atomic mass is 19.3. The molecule has 8 heteroatoms. The molecule has 0 aliphatic heterocycles. The molecule has 0 amide bonds. The Kier molecular flexibility index (Phi) is 5.22. The molecule has 0 aromatic carbocycles. The standard InChI is InChI=1S/C10H14F2N4O2/c1-2-5-13-9-4-3-7(16(17)18)10(15-9)14-6-8(11)12/h3-4,8H,2,5-6H2,1H3,(H2,13,14,15). The van der Waals surface area contributed by atoms with Gasteiger partial charge in [0.1, 0.15) is 5.82 Å². The third-order valence-corrected chi connectivity index (χ3v) is 2.05. The fraction of sp³-hybridized carbons (Fsp3) is 0.500. The van der Waals surface area contributed by atoms with Crippen LogP contribution in [0.2, 0.25) is 0 Å². The van der Waals surface area contributed by atoms with Gasteiger partial charge in [-0.1, -0.05) is 6.92 Å². The number of nitrogens with zero attached hydrogens (tertiary/aromatic N) is 2. The number of halogens is 2. The molecule has 18 heavy (non-hydrogen) atoms.